The molecule has 0 saturated heterocycles. The van der Waals surface area contributed by atoms with Crippen molar-refractivity contribution in [3.8, 4) is 18.2 Å². The fourth-order valence-corrected chi connectivity index (χ4v) is 4.79. The standard InChI is InChI=1S/C27H12N4/c28-12-18-11-24-25(23(14-30)22(18)13-29)21-10-9-16-5-1-3-7-19(16)26(21)27-20-8-4-2-6-17(20)15-31(24)27/h1-11,15H. The molecular formula is C27H12N4. The van der Waals surface area contributed by atoms with Gasteiger partial charge in [0.05, 0.1) is 27.7 Å². The Balaban J connectivity index is 2.09. The Morgan fingerprint density at radius 2 is 1.32 bits per heavy atom. The van der Waals surface area contributed by atoms with Crippen molar-refractivity contribution in [2.75, 3.05) is 0 Å². The molecule has 0 N–H and O–H groups in total. The van der Waals surface area contributed by atoms with E-state index in [4.69, 9.17) is 0 Å². The number of pyridine rings is 1. The fraction of sp³-hybridized carbons (Fsp3) is 0. The summed E-state index contributed by atoms with van der Waals surface area (Å²) in [5.41, 5.74) is 2.37. The lowest BCUT2D eigenvalue weighted by molar-refractivity contribution is 1.28. The molecule has 4 heteroatoms. The lowest BCUT2D eigenvalue weighted by atomic mass is 9.92. The minimum atomic E-state index is 0.128. The molecular weight excluding hydrogens is 380 g/mol. The number of hydrogen-bond acceptors (Lipinski definition) is 3. The van der Waals surface area contributed by atoms with Gasteiger partial charge in [-0.05, 0) is 22.2 Å². The zero-order chi connectivity index (χ0) is 21.1. The van der Waals surface area contributed by atoms with E-state index in [-0.39, 0.29) is 16.7 Å². The van der Waals surface area contributed by atoms with Crippen molar-refractivity contribution in [2.24, 2.45) is 0 Å². The highest BCUT2D eigenvalue weighted by atomic mass is 14.9. The molecule has 31 heavy (non-hydrogen) atoms. The zero-order valence-electron chi connectivity index (χ0n) is 16.2. The van der Waals surface area contributed by atoms with E-state index in [0.29, 0.717) is 5.39 Å². The number of nitriles is 3. The van der Waals surface area contributed by atoms with E-state index in [1.165, 1.54) is 0 Å². The Morgan fingerprint density at radius 3 is 2.06 bits per heavy atom. The summed E-state index contributed by atoms with van der Waals surface area (Å²) in [5, 5.41) is 36.5. The van der Waals surface area contributed by atoms with Gasteiger partial charge in [0.2, 0.25) is 0 Å². The van der Waals surface area contributed by atoms with Crippen LogP contribution < -0.4 is 0 Å². The number of aromatic nitrogens is 1. The molecule has 0 unspecified atom stereocenters. The first-order valence-corrected chi connectivity index (χ1v) is 9.81. The van der Waals surface area contributed by atoms with E-state index in [9.17, 15) is 15.8 Å². The molecule has 4 nitrogen and oxygen atoms in total. The van der Waals surface area contributed by atoms with Gasteiger partial charge in [-0.15, -0.1) is 0 Å². The predicted octanol–water partition coefficient (Wildman–Crippen LogP) is 6.17. The van der Waals surface area contributed by atoms with Crippen LogP contribution in [0.5, 0.6) is 0 Å². The molecule has 0 radical (unpaired) electrons. The molecule has 0 atom stereocenters. The third-order valence-corrected chi connectivity index (χ3v) is 6.07. The molecule has 0 spiro atoms. The van der Waals surface area contributed by atoms with Crippen LogP contribution in [0.3, 0.4) is 0 Å². The van der Waals surface area contributed by atoms with Gasteiger partial charge in [0.1, 0.15) is 18.2 Å². The molecule has 0 fully saturated rings. The number of benzene rings is 4. The maximum Gasteiger partial charge on any atom is 0.102 e. The number of nitrogens with zero attached hydrogens (tertiary/aromatic N) is 4. The quantitative estimate of drug-likeness (QED) is 0.290. The molecule has 6 rings (SSSR count). The van der Waals surface area contributed by atoms with Crippen LogP contribution in [0.2, 0.25) is 0 Å². The summed E-state index contributed by atoms with van der Waals surface area (Å²) in [6.45, 7) is 0. The van der Waals surface area contributed by atoms with E-state index in [1.807, 2.05) is 42.6 Å². The van der Waals surface area contributed by atoms with Crippen LogP contribution in [0.25, 0.3) is 48.7 Å². The maximum absolute atomic E-state index is 10.0. The third-order valence-electron chi connectivity index (χ3n) is 6.07. The Labute approximate surface area is 177 Å². The zero-order valence-corrected chi connectivity index (χ0v) is 16.2. The van der Waals surface area contributed by atoms with Gasteiger partial charge in [0.15, 0.2) is 0 Å². The fourth-order valence-electron chi connectivity index (χ4n) is 4.79. The van der Waals surface area contributed by atoms with Crippen LogP contribution in [0, 0.1) is 34.0 Å². The summed E-state index contributed by atoms with van der Waals surface area (Å²) >= 11 is 0. The van der Waals surface area contributed by atoms with Crippen molar-refractivity contribution in [2.45, 2.75) is 0 Å². The molecule has 0 aliphatic heterocycles. The first-order chi connectivity index (χ1) is 15.3. The minimum Gasteiger partial charge on any atom is -0.315 e. The van der Waals surface area contributed by atoms with Crippen LogP contribution in [-0.4, -0.2) is 4.40 Å². The van der Waals surface area contributed by atoms with Gasteiger partial charge in [0.25, 0.3) is 0 Å². The highest BCUT2D eigenvalue weighted by molar-refractivity contribution is 6.28. The monoisotopic (exact) mass is 392 g/mol. The van der Waals surface area contributed by atoms with Gasteiger partial charge in [-0.2, -0.15) is 15.8 Å². The number of hydrogen-bond donors (Lipinski definition) is 0. The second-order valence-corrected chi connectivity index (χ2v) is 7.55. The van der Waals surface area contributed by atoms with Gasteiger partial charge in [0, 0.05) is 27.7 Å². The smallest absolute Gasteiger partial charge is 0.102 e. The molecule has 0 saturated carbocycles. The Kier molecular flexibility index (Phi) is 3.34. The molecule has 0 aliphatic rings. The van der Waals surface area contributed by atoms with Crippen molar-refractivity contribution in [1.82, 2.24) is 4.40 Å². The summed E-state index contributed by atoms with van der Waals surface area (Å²) in [4.78, 5) is 0. The molecule has 0 bridgehead atoms. The van der Waals surface area contributed by atoms with Crippen LogP contribution in [0.4, 0.5) is 0 Å². The summed E-state index contributed by atoms with van der Waals surface area (Å²) in [5.74, 6) is 0. The van der Waals surface area contributed by atoms with E-state index < -0.39 is 0 Å². The van der Waals surface area contributed by atoms with Crippen LogP contribution in [-0.2, 0) is 0 Å². The molecule has 6 aromatic rings. The van der Waals surface area contributed by atoms with Gasteiger partial charge < -0.3 is 4.40 Å². The molecule has 4 aromatic carbocycles. The average molecular weight is 392 g/mol. The molecule has 2 aromatic heterocycles. The molecule has 0 aliphatic carbocycles. The van der Waals surface area contributed by atoms with E-state index in [2.05, 4.69) is 46.9 Å². The van der Waals surface area contributed by atoms with Crippen LogP contribution >= 0.6 is 0 Å². The molecule has 140 valence electrons. The minimum absolute atomic E-state index is 0.128. The van der Waals surface area contributed by atoms with E-state index >= 15 is 0 Å². The van der Waals surface area contributed by atoms with Gasteiger partial charge in [-0.3, -0.25) is 0 Å². The second kappa shape index (κ2) is 6.07. The summed E-state index contributed by atoms with van der Waals surface area (Å²) in [7, 11) is 0. The van der Waals surface area contributed by atoms with Crippen LogP contribution in [0.1, 0.15) is 16.7 Å². The Bertz CT molecular complexity index is 1870. The van der Waals surface area contributed by atoms with E-state index in [1.54, 1.807) is 6.07 Å². The second-order valence-electron chi connectivity index (χ2n) is 7.55. The topological polar surface area (TPSA) is 75.8 Å². The highest BCUT2D eigenvalue weighted by Crippen LogP contribution is 2.40. The molecule has 2 heterocycles. The first-order valence-electron chi connectivity index (χ1n) is 9.81. The lowest BCUT2D eigenvalue weighted by Crippen LogP contribution is -1.98. The number of rotatable bonds is 0. The van der Waals surface area contributed by atoms with Crippen LogP contribution in [0.15, 0.2) is 72.9 Å². The van der Waals surface area contributed by atoms with Crippen molar-refractivity contribution in [3.05, 3.63) is 89.6 Å². The maximum atomic E-state index is 10.0. The van der Waals surface area contributed by atoms with Crippen molar-refractivity contribution < 1.29 is 0 Å². The summed E-state index contributed by atoms with van der Waals surface area (Å²) in [6.07, 6.45) is 2.04. The highest BCUT2D eigenvalue weighted by Gasteiger charge is 2.21. The summed E-state index contributed by atoms with van der Waals surface area (Å²) in [6, 6.07) is 28.6. The van der Waals surface area contributed by atoms with Gasteiger partial charge in [-0.1, -0.05) is 60.7 Å². The SMILES string of the molecule is N#Cc1cc2c(c(C#N)c1C#N)c1ccc3ccccc3c1c1c3ccccc3cn21. The van der Waals surface area contributed by atoms with Crippen molar-refractivity contribution >= 4 is 48.7 Å². The number of fused-ring (bicyclic) bond motifs is 10. The van der Waals surface area contributed by atoms with Crippen molar-refractivity contribution in [1.29, 1.82) is 15.8 Å². The predicted molar refractivity (Wildman–Crippen MR) is 122 cm³/mol. The normalized spacial score (nSPS) is 11.1. The largest absolute Gasteiger partial charge is 0.315 e. The average Bonchev–Trinajstić information content (AvgIpc) is 3.22. The lowest BCUT2D eigenvalue weighted by Gasteiger charge is -2.14. The molecule has 0 amide bonds. The summed E-state index contributed by atoms with van der Waals surface area (Å²) < 4.78 is 2.07. The Hall–Kier alpha value is -4.85. The van der Waals surface area contributed by atoms with Gasteiger partial charge in [-0.25, -0.2) is 0 Å². The first kappa shape index (κ1) is 17.0. The Morgan fingerprint density at radius 1 is 0.613 bits per heavy atom. The van der Waals surface area contributed by atoms with E-state index in [0.717, 1.165) is 43.4 Å². The third kappa shape index (κ3) is 2.10. The van der Waals surface area contributed by atoms with Crippen molar-refractivity contribution in [3.63, 3.8) is 0 Å². The van der Waals surface area contributed by atoms with Gasteiger partial charge >= 0.3 is 0 Å².